The number of anilines is 1. The first-order chi connectivity index (χ1) is 14.6. The number of rotatable bonds is 10. The topological polar surface area (TPSA) is 55.7 Å². The zero-order valence-corrected chi connectivity index (χ0v) is 18.4. The molecule has 0 atom stereocenters. The third-order valence-electron chi connectivity index (χ3n) is 4.12. The summed E-state index contributed by atoms with van der Waals surface area (Å²) in [5.74, 6) is 1.48. The molecule has 0 aliphatic carbocycles. The molecule has 6 heteroatoms. The van der Waals surface area contributed by atoms with Gasteiger partial charge in [-0.25, -0.2) is 4.98 Å². The Kier molecular flexibility index (Phi) is 7.63. The van der Waals surface area contributed by atoms with Crippen LogP contribution in [0.2, 0.25) is 0 Å². The number of ether oxygens (including phenoxy) is 2. The molecule has 0 saturated carbocycles. The van der Waals surface area contributed by atoms with Crippen LogP contribution in [0.4, 0.5) is 5.13 Å². The van der Waals surface area contributed by atoms with Gasteiger partial charge in [-0.2, -0.15) is 5.10 Å². The van der Waals surface area contributed by atoms with Crippen molar-refractivity contribution in [2.75, 3.05) is 12.0 Å². The van der Waals surface area contributed by atoms with Gasteiger partial charge in [-0.1, -0.05) is 36.4 Å². The van der Waals surface area contributed by atoms with Crippen molar-refractivity contribution in [1.29, 1.82) is 0 Å². The van der Waals surface area contributed by atoms with Crippen LogP contribution in [0.1, 0.15) is 31.9 Å². The minimum atomic E-state index is 0.0534. The summed E-state index contributed by atoms with van der Waals surface area (Å²) >= 11 is 1.52. The molecule has 0 aliphatic rings. The van der Waals surface area contributed by atoms with Gasteiger partial charge in [0.1, 0.15) is 0 Å². The van der Waals surface area contributed by atoms with Crippen LogP contribution >= 0.6 is 11.3 Å². The maximum atomic E-state index is 6.01. The van der Waals surface area contributed by atoms with Crippen molar-refractivity contribution >= 4 is 22.7 Å². The van der Waals surface area contributed by atoms with E-state index in [-0.39, 0.29) is 6.10 Å². The highest BCUT2D eigenvalue weighted by atomic mass is 32.1. The van der Waals surface area contributed by atoms with E-state index in [0.717, 1.165) is 33.3 Å². The van der Waals surface area contributed by atoms with Crippen molar-refractivity contribution in [1.82, 2.24) is 4.98 Å². The first-order valence-corrected chi connectivity index (χ1v) is 10.9. The van der Waals surface area contributed by atoms with Gasteiger partial charge in [0.15, 0.2) is 11.5 Å². The molecule has 0 spiro atoms. The summed E-state index contributed by atoms with van der Waals surface area (Å²) in [4.78, 5) is 4.59. The largest absolute Gasteiger partial charge is 0.490 e. The summed E-state index contributed by atoms with van der Waals surface area (Å²) in [6.45, 7) is 10.4. The van der Waals surface area contributed by atoms with E-state index in [4.69, 9.17) is 9.47 Å². The molecule has 156 valence electrons. The van der Waals surface area contributed by atoms with Gasteiger partial charge in [0.2, 0.25) is 5.13 Å². The molecular weight excluding hydrogens is 394 g/mol. The highest BCUT2D eigenvalue weighted by molar-refractivity contribution is 7.14. The van der Waals surface area contributed by atoms with Gasteiger partial charge in [0.05, 0.1) is 24.6 Å². The zero-order valence-electron chi connectivity index (χ0n) is 17.6. The average molecular weight is 422 g/mol. The van der Waals surface area contributed by atoms with E-state index in [1.54, 1.807) is 6.21 Å². The maximum Gasteiger partial charge on any atom is 0.203 e. The van der Waals surface area contributed by atoms with Crippen molar-refractivity contribution in [2.24, 2.45) is 5.10 Å². The molecule has 1 N–H and O–H groups in total. The molecule has 0 radical (unpaired) electrons. The van der Waals surface area contributed by atoms with Crippen molar-refractivity contribution in [3.8, 4) is 22.8 Å². The Morgan fingerprint density at radius 3 is 2.73 bits per heavy atom. The summed E-state index contributed by atoms with van der Waals surface area (Å²) in [7, 11) is 0. The number of thiazole rings is 1. The quantitative estimate of drug-likeness (QED) is 0.242. The summed E-state index contributed by atoms with van der Waals surface area (Å²) < 4.78 is 11.8. The van der Waals surface area contributed by atoms with Crippen molar-refractivity contribution in [2.45, 2.75) is 33.3 Å². The van der Waals surface area contributed by atoms with Gasteiger partial charge in [-0.05, 0) is 44.9 Å². The van der Waals surface area contributed by atoms with E-state index in [0.29, 0.717) is 18.8 Å². The second kappa shape index (κ2) is 10.6. The predicted octanol–water partition coefficient (Wildman–Crippen LogP) is 6.17. The first kappa shape index (κ1) is 21.6. The molecule has 5 nitrogen and oxygen atoms in total. The lowest BCUT2D eigenvalue weighted by atomic mass is 10.1. The number of hydrogen-bond donors (Lipinski definition) is 1. The Hall–Kier alpha value is -3.12. The van der Waals surface area contributed by atoms with Gasteiger partial charge in [-0.3, -0.25) is 5.43 Å². The number of nitrogens with zero attached hydrogens (tertiary/aromatic N) is 2. The highest BCUT2D eigenvalue weighted by Crippen LogP contribution is 2.34. The molecule has 3 aromatic rings. The smallest absolute Gasteiger partial charge is 0.203 e. The molecule has 0 aliphatic heterocycles. The molecule has 0 fully saturated rings. The standard InChI is InChI=1S/C24H27N3O2S/c1-5-10-20-13-18(14-22(28-6-2)23(20)29-17(3)4)15-25-27-24-26-21(16-30-24)19-11-8-7-9-12-19/h5,7-9,11-17H,1,6,10H2,2-4H3,(H,26,27). The monoisotopic (exact) mass is 421 g/mol. The van der Waals surface area contributed by atoms with E-state index in [2.05, 4.69) is 22.1 Å². The normalized spacial score (nSPS) is 11.1. The van der Waals surface area contributed by atoms with Crippen LogP contribution in [0.5, 0.6) is 11.5 Å². The maximum absolute atomic E-state index is 6.01. The van der Waals surface area contributed by atoms with Crippen molar-refractivity contribution < 1.29 is 9.47 Å². The molecular formula is C24H27N3O2S. The zero-order chi connectivity index (χ0) is 21.3. The number of aromatic nitrogens is 1. The second-order valence-corrected chi connectivity index (χ2v) is 7.73. The third kappa shape index (κ3) is 5.70. The Labute approximate surface area is 182 Å². The summed E-state index contributed by atoms with van der Waals surface area (Å²) in [5.41, 5.74) is 6.97. The average Bonchev–Trinajstić information content (AvgIpc) is 3.20. The molecule has 2 aromatic carbocycles. The summed E-state index contributed by atoms with van der Waals surface area (Å²) in [6, 6.07) is 14.1. The van der Waals surface area contributed by atoms with Gasteiger partial charge in [-0.15, -0.1) is 17.9 Å². The number of hydrogen-bond acceptors (Lipinski definition) is 6. The van der Waals surface area contributed by atoms with Crippen molar-refractivity contribution in [3.63, 3.8) is 0 Å². The van der Waals surface area contributed by atoms with Gasteiger partial charge < -0.3 is 9.47 Å². The van der Waals surface area contributed by atoms with Gasteiger partial charge >= 0.3 is 0 Å². The lowest BCUT2D eigenvalue weighted by Crippen LogP contribution is -2.10. The van der Waals surface area contributed by atoms with E-state index in [1.165, 1.54) is 11.3 Å². The predicted molar refractivity (Wildman–Crippen MR) is 126 cm³/mol. The molecule has 0 amide bonds. The Morgan fingerprint density at radius 1 is 1.23 bits per heavy atom. The Bertz CT molecular complexity index is 997. The van der Waals surface area contributed by atoms with Crippen LogP contribution in [0.25, 0.3) is 11.3 Å². The number of nitrogens with one attached hydrogen (secondary N) is 1. The van der Waals surface area contributed by atoms with Crippen LogP contribution < -0.4 is 14.9 Å². The number of allylic oxidation sites excluding steroid dienone is 1. The number of benzene rings is 2. The van der Waals surface area contributed by atoms with Crippen LogP contribution in [-0.4, -0.2) is 23.9 Å². The van der Waals surface area contributed by atoms with Crippen LogP contribution in [0, 0.1) is 0 Å². The second-order valence-electron chi connectivity index (χ2n) is 6.87. The molecule has 1 heterocycles. The molecule has 0 bridgehead atoms. The van der Waals surface area contributed by atoms with E-state index < -0.39 is 0 Å². The van der Waals surface area contributed by atoms with Gasteiger partial charge in [0, 0.05) is 16.5 Å². The van der Waals surface area contributed by atoms with E-state index >= 15 is 0 Å². The minimum Gasteiger partial charge on any atom is -0.490 e. The summed E-state index contributed by atoms with van der Waals surface area (Å²) in [6.07, 6.45) is 4.36. The SMILES string of the molecule is C=CCc1cc(C=NNc2nc(-c3ccccc3)cs2)cc(OCC)c1OC(C)C. The molecule has 0 saturated heterocycles. The van der Waals surface area contributed by atoms with E-state index in [1.807, 2.05) is 74.7 Å². The Balaban J connectivity index is 1.79. The molecule has 30 heavy (non-hydrogen) atoms. The van der Waals surface area contributed by atoms with Crippen LogP contribution in [0.15, 0.2) is 65.6 Å². The third-order valence-corrected chi connectivity index (χ3v) is 4.87. The molecule has 0 unspecified atom stereocenters. The first-order valence-electron chi connectivity index (χ1n) is 9.98. The molecule has 1 aromatic heterocycles. The molecule has 3 rings (SSSR count). The Morgan fingerprint density at radius 2 is 2.03 bits per heavy atom. The van der Waals surface area contributed by atoms with Crippen molar-refractivity contribution in [3.05, 3.63) is 71.6 Å². The lowest BCUT2D eigenvalue weighted by Gasteiger charge is -2.18. The van der Waals surface area contributed by atoms with Crippen LogP contribution in [-0.2, 0) is 6.42 Å². The van der Waals surface area contributed by atoms with E-state index in [9.17, 15) is 0 Å². The fourth-order valence-electron chi connectivity index (χ4n) is 2.93. The highest BCUT2D eigenvalue weighted by Gasteiger charge is 2.14. The number of hydrazone groups is 1. The summed E-state index contributed by atoms with van der Waals surface area (Å²) in [5, 5.41) is 7.11. The van der Waals surface area contributed by atoms with Gasteiger partial charge in [0.25, 0.3) is 0 Å². The minimum absolute atomic E-state index is 0.0534. The van der Waals surface area contributed by atoms with Crippen LogP contribution in [0.3, 0.4) is 0 Å². The fraction of sp³-hybridized carbons (Fsp3) is 0.250. The lowest BCUT2D eigenvalue weighted by molar-refractivity contribution is 0.222. The fourth-order valence-corrected chi connectivity index (χ4v) is 3.59.